The standard InChI is InChI=1S/C18H18ClFO2/c19-17-12-15(20)9-10-16(17)13-5-7-14(8-6-13)18(22)4-2-1-3-11-21/h5-10,12,21H,1-4,11H2. The van der Waals surface area contributed by atoms with Crippen molar-refractivity contribution >= 4 is 17.4 Å². The first-order valence-electron chi connectivity index (χ1n) is 7.31. The lowest BCUT2D eigenvalue weighted by atomic mass is 10.00. The van der Waals surface area contributed by atoms with E-state index in [2.05, 4.69) is 0 Å². The van der Waals surface area contributed by atoms with Crippen LogP contribution >= 0.6 is 11.6 Å². The Balaban J connectivity index is 2.05. The summed E-state index contributed by atoms with van der Waals surface area (Å²) in [6.45, 7) is 0.168. The highest BCUT2D eigenvalue weighted by atomic mass is 35.5. The van der Waals surface area contributed by atoms with E-state index in [1.165, 1.54) is 12.1 Å². The maximum absolute atomic E-state index is 13.1. The van der Waals surface area contributed by atoms with Gasteiger partial charge in [-0.3, -0.25) is 4.79 Å². The Hall–Kier alpha value is -1.71. The first kappa shape index (κ1) is 16.7. The molecule has 0 aliphatic carbocycles. The van der Waals surface area contributed by atoms with Crippen molar-refractivity contribution in [1.29, 1.82) is 0 Å². The summed E-state index contributed by atoms with van der Waals surface area (Å²) in [4.78, 5) is 12.0. The quantitative estimate of drug-likeness (QED) is 0.583. The SMILES string of the molecule is O=C(CCCCCO)c1ccc(-c2ccc(F)cc2Cl)cc1. The van der Waals surface area contributed by atoms with Gasteiger partial charge in [-0.25, -0.2) is 4.39 Å². The van der Waals surface area contributed by atoms with E-state index < -0.39 is 0 Å². The molecule has 0 aliphatic heterocycles. The van der Waals surface area contributed by atoms with Crippen LogP contribution in [-0.4, -0.2) is 17.5 Å². The van der Waals surface area contributed by atoms with Crippen molar-refractivity contribution in [2.45, 2.75) is 25.7 Å². The zero-order valence-corrected chi connectivity index (χ0v) is 12.9. The molecule has 4 heteroatoms. The fraction of sp³-hybridized carbons (Fsp3) is 0.278. The number of hydrogen-bond donors (Lipinski definition) is 1. The lowest BCUT2D eigenvalue weighted by molar-refractivity contribution is 0.0978. The second kappa shape index (κ2) is 8.06. The van der Waals surface area contributed by atoms with Gasteiger partial charge in [0.25, 0.3) is 0 Å². The third-order valence-electron chi connectivity index (χ3n) is 3.51. The summed E-state index contributed by atoms with van der Waals surface area (Å²) in [6, 6.07) is 11.4. The molecule has 0 bridgehead atoms. The topological polar surface area (TPSA) is 37.3 Å². The van der Waals surface area contributed by atoms with E-state index in [1.807, 2.05) is 12.1 Å². The van der Waals surface area contributed by atoms with Crippen LogP contribution in [0.5, 0.6) is 0 Å². The van der Waals surface area contributed by atoms with Gasteiger partial charge in [-0.05, 0) is 36.6 Å². The molecule has 0 heterocycles. The third-order valence-corrected chi connectivity index (χ3v) is 3.82. The normalized spacial score (nSPS) is 10.7. The monoisotopic (exact) mass is 320 g/mol. The molecular weight excluding hydrogens is 303 g/mol. The number of benzene rings is 2. The van der Waals surface area contributed by atoms with Crippen molar-refractivity contribution in [1.82, 2.24) is 0 Å². The number of aliphatic hydroxyl groups excluding tert-OH is 1. The molecular formula is C18H18ClFO2. The average Bonchev–Trinajstić information content (AvgIpc) is 2.52. The second-order valence-corrected chi connectivity index (χ2v) is 5.57. The minimum Gasteiger partial charge on any atom is -0.396 e. The molecule has 0 fully saturated rings. The van der Waals surface area contributed by atoms with Crippen LogP contribution in [-0.2, 0) is 0 Å². The van der Waals surface area contributed by atoms with Crippen LogP contribution < -0.4 is 0 Å². The van der Waals surface area contributed by atoms with Gasteiger partial charge >= 0.3 is 0 Å². The molecule has 2 aromatic rings. The first-order chi connectivity index (χ1) is 10.6. The molecule has 2 aromatic carbocycles. The maximum Gasteiger partial charge on any atom is 0.162 e. The van der Waals surface area contributed by atoms with Gasteiger partial charge in [-0.15, -0.1) is 0 Å². The molecule has 2 nitrogen and oxygen atoms in total. The van der Waals surface area contributed by atoms with E-state index in [-0.39, 0.29) is 18.2 Å². The molecule has 0 amide bonds. The van der Waals surface area contributed by atoms with Crippen LogP contribution in [0, 0.1) is 5.82 Å². The zero-order chi connectivity index (χ0) is 15.9. The predicted octanol–water partition coefficient (Wildman–Crippen LogP) is 4.88. The van der Waals surface area contributed by atoms with E-state index in [0.29, 0.717) is 17.0 Å². The number of unbranched alkanes of at least 4 members (excludes halogenated alkanes) is 2. The summed E-state index contributed by atoms with van der Waals surface area (Å²) in [5, 5.41) is 9.06. The molecule has 0 atom stereocenters. The van der Waals surface area contributed by atoms with Gasteiger partial charge in [0.15, 0.2) is 5.78 Å². The van der Waals surface area contributed by atoms with Gasteiger partial charge in [-0.2, -0.15) is 0 Å². The summed E-state index contributed by atoms with van der Waals surface area (Å²) in [5.74, 6) is -0.280. The van der Waals surface area contributed by atoms with Crippen LogP contribution in [0.15, 0.2) is 42.5 Å². The Labute approximate surface area is 134 Å². The average molecular weight is 321 g/mol. The number of Topliss-reactive ketones (excluding diaryl/α,β-unsaturated/α-hetero) is 1. The molecule has 0 unspecified atom stereocenters. The number of rotatable bonds is 7. The number of hydrogen-bond acceptors (Lipinski definition) is 2. The Morgan fingerprint density at radius 2 is 1.77 bits per heavy atom. The minimum atomic E-state index is -0.372. The molecule has 116 valence electrons. The fourth-order valence-electron chi connectivity index (χ4n) is 2.28. The van der Waals surface area contributed by atoms with Crippen LogP contribution in [0.25, 0.3) is 11.1 Å². The maximum atomic E-state index is 13.1. The van der Waals surface area contributed by atoms with Gasteiger partial charge in [0, 0.05) is 24.2 Å². The summed E-state index contributed by atoms with van der Waals surface area (Å²) in [7, 11) is 0. The Morgan fingerprint density at radius 1 is 1.05 bits per heavy atom. The van der Waals surface area contributed by atoms with Gasteiger partial charge < -0.3 is 5.11 Å². The second-order valence-electron chi connectivity index (χ2n) is 5.16. The highest BCUT2D eigenvalue weighted by Gasteiger charge is 2.08. The molecule has 0 saturated heterocycles. The van der Waals surface area contributed by atoms with Gasteiger partial charge in [0.2, 0.25) is 0 Å². The van der Waals surface area contributed by atoms with E-state index in [0.717, 1.165) is 30.4 Å². The van der Waals surface area contributed by atoms with Crippen molar-refractivity contribution in [3.05, 3.63) is 58.9 Å². The van der Waals surface area contributed by atoms with E-state index in [9.17, 15) is 9.18 Å². The number of carbonyl (C=O) groups excluding carboxylic acids is 1. The fourth-order valence-corrected chi connectivity index (χ4v) is 2.55. The van der Waals surface area contributed by atoms with Crippen LogP contribution in [0.2, 0.25) is 5.02 Å². The highest BCUT2D eigenvalue weighted by Crippen LogP contribution is 2.28. The molecule has 0 aliphatic rings. The Kier molecular flexibility index (Phi) is 6.10. The predicted molar refractivity (Wildman–Crippen MR) is 86.7 cm³/mol. The molecule has 1 N–H and O–H groups in total. The number of halogens is 2. The molecule has 22 heavy (non-hydrogen) atoms. The summed E-state index contributed by atoms with van der Waals surface area (Å²) >= 11 is 6.04. The zero-order valence-electron chi connectivity index (χ0n) is 12.2. The minimum absolute atomic E-state index is 0.0923. The highest BCUT2D eigenvalue weighted by molar-refractivity contribution is 6.33. The van der Waals surface area contributed by atoms with Crippen LogP contribution in [0.3, 0.4) is 0 Å². The lowest BCUT2D eigenvalue weighted by Crippen LogP contribution is -1.99. The largest absolute Gasteiger partial charge is 0.396 e. The lowest BCUT2D eigenvalue weighted by Gasteiger charge is -2.06. The van der Waals surface area contributed by atoms with E-state index in [4.69, 9.17) is 16.7 Å². The van der Waals surface area contributed by atoms with Crippen molar-refractivity contribution in [2.75, 3.05) is 6.61 Å². The summed E-state index contributed by atoms with van der Waals surface area (Å²) < 4.78 is 13.1. The molecule has 0 saturated carbocycles. The van der Waals surface area contributed by atoms with Crippen molar-refractivity contribution in [2.24, 2.45) is 0 Å². The molecule has 2 rings (SSSR count). The number of ketones is 1. The third kappa shape index (κ3) is 4.39. The van der Waals surface area contributed by atoms with E-state index >= 15 is 0 Å². The Morgan fingerprint density at radius 3 is 2.41 bits per heavy atom. The van der Waals surface area contributed by atoms with Gasteiger partial charge in [-0.1, -0.05) is 42.3 Å². The van der Waals surface area contributed by atoms with Crippen LogP contribution in [0.1, 0.15) is 36.0 Å². The molecule has 0 radical (unpaired) electrons. The van der Waals surface area contributed by atoms with Crippen molar-refractivity contribution in [3.8, 4) is 11.1 Å². The van der Waals surface area contributed by atoms with Gasteiger partial charge in [0.1, 0.15) is 5.82 Å². The Bertz CT molecular complexity index is 638. The van der Waals surface area contributed by atoms with Crippen LogP contribution in [0.4, 0.5) is 4.39 Å². The molecule has 0 spiro atoms. The molecule has 0 aromatic heterocycles. The first-order valence-corrected chi connectivity index (χ1v) is 7.69. The van der Waals surface area contributed by atoms with E-state index in [1.54, 1.807) is 18.2 Å². The van der Waals surface area contributed by atoms with Crippen molar-refractivity contribution in [3.63, 3.8) is 0 Å². The summed E-state index contributed by atoms with van der Waals surface area (Å²) in [6.07, 6.45) is 2.85. The number of carbonyl (C=O) groups is 1. The smallest absolute Gasteiger partial charge is 0.162 e. The number of aliphatic hydroxyl groups is 1. The van der Waals surface area contributed by atoms with Crippen molar-refractivity contribution < 1.29 is 14.3 Å². The van der Waals surface area contributed by atoms with Gasteiger partial charge in [0.05, 0.1) is 5.02 Å². The summed E-state index contributed by atoms with van der Waals surface area (Å²) in [5.41, 5.74) is 2.25.